The number of aliphatic hydroxyl groups is 1. The van der Waals surface area contributed by atoms with E-state index >= 15 is 0 Å². The summed E-state index contributed by atoms with van der Waals surface area (Å²) < 4.78 is 0. The number of aliphatic hydroxyl groups excluding tert-OH is 1. The highest BCUT2D eigenvalue weighted by atomic mass is 16.2. The molecule has 0 aliphatic carbocycles. The average molecular weight is 264 g/mol. The van der Waals surface area contributed by atoms with E-state index in [4.69, 9.17) is 5.11 Å². The Morgan fingerprint density at radius 3 is 1.63 bits per heavy atom. The van der Waals surface area contributed by atoms with Crippen molar-refractivity contribution in [2.45, 2.75) is 83.5 Å². The first-order valence-electron chi connectivity index (χ1n) is 8.09. The molecule has 0 aromatic carbocycles. The molecule has 1 N–H and O–H groups in total. The zero-order chi connectivity index (χ0) is 14.0. The second kappa shape index (κ2) is 17.3. The molecule has 0 aliphatic rings. The van der Waals surface area contributed by atoms with E-state index in [1.54, 1.807) is 0 Å². The van der Waals surface area contributed by atoms with Crippen molar-refractivity contribution < 1.29 is 5.11 Å². The number of hydrogen-bond acceptors (Lipinski definition) is 1. The molecule has 0 radical (unpaired) electrons. The van der Waals surface area contributed by atoms with Crippen LogP contribution in [-0.4, -0.2) is 11.7 Å². The second-order valence-corrected chi connectivity index (χ2v) is 5.21. The highest BCUT2D eigenvalue weighted by Gasteiger charge is 1.92. The molecule has 0 saturated heterocycles. The largest absolute Gasteiger partial charge is 0.396 e. The summed E-state index contributed by atoms with van der Waals surface area (Å²) in [5.41, 5.74) is 0. The van der Waals surface area contributed by atoms with Crippen LogP contribution in [0.1, 0.15) is 83.5 Å². The molecule has 0 aromatic rings. The second-order valence-electron chi connectivity index (χ2n) is 5.21. The van der Waals surface area contributed by atoms with Crippen LogP contribution in [0.25, 0.3) is 0 Å². The maximum absolute atomic E-state index is 8.66. The number of rotatable bonds is 13. The lowest BCUT2D eigenvalue weighted by Crippen LogP contribution is -1.84. The van der Waals surface area contributed by atoms with Gasteiger partial charge in [0.05, 0.1) is 0 Å². The van der Waals surface area contributed by atoms with Crippen molar-refractivity contribution in [3.8, 4) is 11.8 Å². The average Bonchev–Trinajstić information content (AvgIpc) is 2.43. The van der Waals surface area contributed by atoms with Crippen LogP contribution < -0.4 is 0 Å². The van der Waals surface area contributed by atoms with E-state index < -0.39 is 0 Å². The molecule has 0 bridgehead atoms. The van der Waals surface area contributed by atoms with Gasteiger partial charge in [0.25, 0.3) is 0 Å². The first kappa shape index (κ1) is 18.3. The van der Waals surface area contributed by atoms with Crippen LogP contribution >= 0.6 is 0 Å². The van der Waals surface area contributed by atoms with Crippen LogP contribution in [0, 0.1) is 11.8 Å². The highest BCUT2D eigenvalue weighted by Crippen LogP contribution is 2.11. The quantitative estimate of drug-likeness (QED) is 0.274. The van der Waals surface area contributed by atoms with Gasteiger partial charge in [0.1, 0.15) is 0 Å². The molecule has 0 rings (SSSR count). The number of hydrogen-bond donors (Lipinski definition) is 1. The zero-order valence-electron chi connectivity index (χ0n) is 12.6. The minimum Gasteiger partial charge on any atom is -0.396 e. The van der Waals surface area contributed by atoms with Crippen molar-refractivity contribution in [2.24, 2.45) is 0 Å². The fourth-order valence-corrected chi connectivity index (χ4v) is 2.15. The lowest BCUT2D eigenvalue weighted by Gasteiger charge is -2.01. The Bertz CT molecular complexity index is 234. The summed E-state index contributed by atoms with van der Waals surface area (Å²) in [6.45, 7) is 4.01. The Morgan fingerprint density at radius 2 is 1.16 bits per heavy atom. The summed E-state index contributed by atoms with van der Waals surface area (Å²) in [6.07, 6.45) is 18.1. The van der Waals surface area contributed by atoms with Crippen molar-refractivity contribution >= 4 is 0 Å². The molecule has 110 valence electrons. The van der Waals surface area contributed by atoms with Gasteiger partial charge in [-0.1, -0.05) is 69.8 Å². The standard InChI is InChI=1S/C18H32O/c1-2-3-4-5-6-7-8-9-10-11-12-13-14-15-16-17-18-19/h2,19H,1,3,6-18H2. The van der Waals surface area contributed by atoms with Crippen LogP contribution in [0.4, 0.5) is 0 Å². The van der Waals surface area contributed by atoms with Crippen molar-refractivity contribution in [2.75, 3.05) is 6.61 Å². The van der Waals surface area contributed by atoms with E-state index in [1.165, 1.54) is 64.2 Å². The molecule has 19 heavy (non-hydrogen) atoms. The fourth-order valence-electron chi connectivity index (χ4n) is 2.15. The Labute approximate surface area is 120 Å². The Morgan fingerprint density at radius 1 is 0.684 bits per heavy atom. The predicted octanol–water partition coefficient (Wildman–Crippen LogP) is 5.24. The van der Waals surface area contributed by atoms with Crippen molar-refractivity contribution in [1.82, 2.24) is 0 Å². The smallest absolute Gasteiger partial charge is 0.0431 e. The van der Waals surface area contributed by atoms with E-state index in [0.717, 1.165) is 19.3 Å². The maximum Gasteiger partial charge on any atom is 0.0431 e. The van der Waals surface area contributed by atoms with Gasteiger partial charge in [0.15, 0.2) is 0 Å². The van der Waals surface area contributed by atoms with Gasteiger partial charge in [-0.3, -0.25) is 0 Å². The lowest BCUT2D eigenvalue weighted by molar-refractivity contribution is 0.282. The van der Waals surface area contributed by atoms with Crippen LogP contribution in [0.2, 0.25) is 0 Å². The van der Waals surface area contributed by atoms with Gasteiger partial charge < -0.3 is 5.11 Å². The third-order valence-corrected chi connectivity index (χ3v) is 3.33. The first-order valence-corrected chi connectivity index (χ1v) is 8.09. The van der Waals surface area contributed by atoms with Crippen molar-refractivity contribution in [3.05, 3.63) is 12.7 Å². The maximum atomic E-state index is 8.66. The minimum absolute atomic E-state index is 0.359. The monoisotopic (exact) mass is 264 g/mol. The third kappa shape index (κ3) is 17.3. The summed E-state index contributed by atoms with van der Waals surface area (Å²) in [4.78, 5) is 0. The number of unbranched alkanes of at least 4 members (excludes halogenated alkanes) is 11. The molecule has 0 fully saturated rings. The molecule has 0 unspecified atom stereocenters. The topological polar surface area (TPSA) is 20.2 Å². The molecule has 1 nitrogen and oxygen atoms in total. The van der Waals surface area contributed by atoms with Crippen molar-refractivity contribution in [1.29, 1.82) is 0 Å². The van der Waals surface area contributed by atoms with Crippen LogP contribution in [-0.2, 0) is 0 Å². The Hall–Kier alpha value is -0.740. The van der Waals surface area contributed by atoms with Gasteiger partial charge in [-0.05, 0) is 12.8 Å². The Kier molecular flexibility index (Phi) is 16.6. The van der Waals surface area contributed by atoms with Gasteiger partial charge in [-0.15, -0.1) is 12.5 Å². The normalized spacial score (nSPS) is 9.95. The first-order chi connectivity index (χ1) is 9.41. The van der Waals surface area contributed by atoms with E-state index in [2.05, 4.69) is 18.4 Å². The third-order valence-electron chi connectivity index (χ3n) is 3.33. The molecule has 0 aromatic heterocycles. The molecule has 0 amide bonds. The summed E-state index contributed by atoms with van der Waals surface area (Å²) in [5.74, 6) is 6.27. The van der Waals surface area contributed by atoms with Gasteiger partial charge in [0, 0.05) is 19.4 Å². The van der Waals surface area contributed by atoms with E-state index in [1.807, 2.05) is 6.08 Å². The molecule has 1 heteroatoms. The van der Waals surface area contributed by atoms with Crippen LogP contribution in [0.5, 0.6) is 0 Å². The van der Waals surface area contributed by atoms with E-state index in [9.17, 15) is 0 Å². The fraction of sp³-hybridized carbons (Fsp3) is 0.778. The summed E-state index contributed by atoms with van der Waals surface area (Å²) >= 11 is 0. The van der Waals surface area contributed by atoms with E-state index in [0.29, 0.717) is 6.61 Å². The number of allylic oxidation sites excluding steroid dienone is 1. The molecule has 0 aliphatic heterocycles. The molecular weight excluding hydrogens is 232 g/mol. The van der Waals surface area contributed by atoms with Crippen LogP contribution in [0.15, 0.2) is 12.7 Å². The van der Waals surface area contributed by atoms with Gasteiger partial charge in [-0.25, -0.2) is 0 Å². The highest BCUT2D eigenvalue weighted by molar-refractivity contribution is 5.02. The van der Waals surface area contributed by atoms with Gasteiger partial charge in [0.2, 0.25) is 0 Å². The summed E-state index contributed by atoms with van der Waals surface area (Å²) in [6, 6.07) is 0. The molecule has 0 atom stereocenters. The summed E-state index contributed by atoms with van der Waals surface area (Å²) in [5, 5.41) is 8.66. The molecule has 0 spiro atoms. The van der Waals surface area contributed by atoms with E-state index in [-0.39, 0.29) is 0 Å². The SMILES string of the molecule is C=CCC#CCCCCCCCCCCCCCO. The van der Waals surface area contributed by atoms with Crippen molar-refractivity contribution in [3.63, 3.8) is 0 Å². The minimum atomic E-state index is 0.359. The van der Waals surface area contributed by atoms with Gasteiger partial charge in [-0.2, -0.15) is 0 Å². The molecule has 0 heterocycles. The zero-order valence-corrected chi connectivity index (χ0v) is 12.6. The predicted molar refractivity (Wildman–Crippen MR) is 85.1 cm³/mol. The van der Waals surface area contributed by atoms with Crippen LogP contribution in [0.3, 0.4) is 0 Å². The molecular formula is C18H32O. The van der Waals surface area contributed by atoms with Gasteiger partial charge >= 0.3 is 0 Å². The Balaban J connectivity index is 2.99. The molecule has 0 saturated carbocycles. The lowest BCUT2D eigenvalue weighted by atomic mass is 10.1. The summed E-state index contributed by atoms with van der Waals surface area (Å²) in [7, 11) is 0.